The molecule has 1 heterocycles. The Morgan fingerprint density at radius 3 is 2.76 bits per heavy atom. The molecule has 4 heteroatoms. The van der Waals surface area contributed by atoms with Crippen LogP contribution in [0.4, 0.5) is 0 Å². The number of rotatable bonds is 4. The zero-order valence-corrected chi connectivity index (χ0v) is 11.4. The molecule has 0 saturated heterocycles. The highest BCUT2D eigenvalue weighted by Crippen LogP contribution is 2.45. The van der Waals surface area contributed by atoms with Crippen molar-refractivity contribution in [2.24, 2.45) is 5.92 Å². The summed E-state index contributed by atoms with van der Waals surface area (Å²) >= 11 is 1.90. The first-order valence-electron chi connectivity index (χ1n) is 6.53. The first-order valence-corrected chi connectivity index (χ1v) is 7.41. The lowest BCUT2D eigenvalue weighted by atomic mass is 9.85. The molecule has 0 amide bonds. The quantitative estimate of drug-likeness (QED) is 0.714. The molecule has 3 nitrogen and oxygen atoms in total. The maximum atomic E-state index is 9.66. The summed E-state index contributed by atoms with van der Waals surface area (Å²) in [6, 6.07) is 0.535. The number of nitrogens with one attached hydrogen (secondary N) is 1. The number of allylic oxidation sites excluding steroid dienone is 1. The van der Waals surface area contributed by atoms with Gasteiger partial charge < -0.3 is 15.5 Å². The van der Waals surface area contributed by atoms with Gasteiger partial charge in [-0.2, -0.15) is 0 Å². The molecule has 17 heavy (non-hydrogen) atoms. The average molecular weight is 257 g/mol. The largest absolute Gasteiger partial charge is 0.390 e. The monoisotopic (exact) mass is 257 g/mol. The lowest BCUT2D eigenvalue weighted by Gasteiger charge is -2.32. The van der Waals surface area contributed by atoms with Crippen molar-refractivity contribution in [1.29, 1.82) is 0 Å². The van der Waals surface area contributed by atoms with Gasteiger partial charge >= 0.3 is 0 Å². The minimum atomic E-state index is -0.527. The van der Waals surface area contributed by atoms with Crippen molar-refractivity contribution in [1.82, 2.24) is 5.32 Å². The normalized spacial score (nSPS) is 37.1. The van der Waals surface area contributed by atoms with Gasteiger partial charge in [-0.1, -0.05) is 19.9 Å². The van der Waals surface area contributed by atoms with Crippen molar-refractivity contribution in [3.8, 4) is 0 Å². The van der Waals surface area contributed by atoms with Crippen molar-refractivity contribution in [3.05, 3.63) is 11.0 Å². The van der Waals surface area contributed by atoms with Gasteiger partial charge in [-0.15, -0.1) is 11.8 Å². The highest BCUT2D eigenvalue weighted by Gasteiger charge is 2.38. The molecule has 0 spiro atoms. The van der Waals surface area contributed by atoms with Gasteiger partial charge in [0.15, 0.2) is 0 Å². The number of hydrogen-bond acceptors (Lipinski definition) is 4. The standard InChI is InChI=1S/C13H23NO2S/c1-8(2)14-4-3-10-5-9-6-11(15)12(16)7-13(9)17-10/h5,8-9,11-16H,3-4,6-7H2,1-2H3. The maximum absolute atomic E-state index is 9.66. The third-order valence-electron chi connectivity index (χ3n) is 3.54. The van der Waals surface area contributed by atoms with E-state index >= 15 is 0 Å². The highest BCUT2D eigenvalue weighted by molar-refractivity contribution is 8.03. The summed E-state index contributed by atoms with van der Waals surface area (Å²) in [6.45, 7) is 5.33. The molecular weight excluding hydrogens is 234 g/mol. The summed E-state index contributed by atoms with van der Waals surface area (Å²) in [5, 5.41) is 23.2. The molecule has 98 valence electrons. The van der Waals surface area contributed by atoms with E-state index in [1.807, 2.05) is 11.8 Å². The molecule has 0 radical (unpaired) electrons. The molecule has 1 fully saturated rings. The van der Waals surface area contributed by atoms with E-state index in [1.54, 1.807) is 0 Å². The third-order valence-corrected chi connectivity index (χ3v) is 5.02. The Morgan fingerprint density at radius 2 is 2.06 bits per heavy atom. The first-order chi connectivity index (χ1) is 8.06. The summed E-state index contributed by atoms with van der Waals surface area (Å²) in [7, 11) is 0. The van der Waals surface area contributed by atoms with Gasteiger partial charge in [-0.25, -0.2) is 0 Å². The lowest BCUT2D eigenvalue weighted by molar-refractivity contribution is -0.0161. The van der Waals surface area contributed by atoms with Crippen molar-refractivity contribution in [3.63, 3.8) is 0 Å². The van der Waals surface area contributed by atoms with Crippen LogP contribution in [0.25, 0.3) is 0 Å². The summed E-state index contributed by atoms with van der Waals surface area (Å²) in [5.41, 5.74) is 0. The predicted octanol–water partition coefficient (Wildman–Crippen LogP) is 1.51. The molecule has 2 aliphatic rings. The highest BCUT2D eigenvalue weighted by atomic mass is 32.2. The first kappa shape index (κ1) is 13.4. The Labute approximate surface area is 108 Å². The van der Waals surface area contributed by atoms with Crippen molar-refractivity contribution < 1.29 is 10.2 Å². The molecule has 0 aromatic heterocycles. The van der Waals surface area contributed by atoms with Crippen LogP contribution < -0.4 is 5.32 Å². The molecule has 2 rings (SSSR count). The number of fused-ring (bicyclic) bond motifs is 1. The average Bonchev–Trinajstić information content (AvgIpc) is 2.60. The van der Waals surface area contributed by atoms with Crippen molar-refractivity contribution in [2.75, 3.05) is 6.54 Å². The molecule has 1 aliphatic heterocycles. The van der Waals surface area contributed by atoms with Crippen LogP contribution in [0, 0.1) is 5.92 Å². The van der Waals surface area contributed by atoms with Crippen LogP contribution in [-0.4, -0.2) is 40.3 Å². The van der Waals surface area contributed by atoms with E-state index < -0.39 is 12.2 Å². The molecular formula is C13H23NO2S. The second kappa shape index (κ2) is 5.74. The van der Waals surface area contributed by atoms with Gasteiger partial charge in [0.2, 0.25) is 0 Å². The Hall–Kier alpha value is -0.0300. The van der Waals surface area contributed by atoms with E-state index in [2.05, 4.69) is 25.2 Å². The molecule has 0 aromatic rings. The minimum absolute atomic E-state index is 0.465. The fraction of sp³-hybridized carbons (Fsp3) is 0.846. The van der Waals surface area contributed by atoms with E-state index in [0.717, 1.165) is 25.8 Å². The van der Waals surface area contributed by atoms with Crippen molar-refractivity contribution in [2.45, 2.75) is 56.6 Å². The maximum Gasteiger partial charge on any atom is 0.0810 e. The molecule has 0 aromatic carbocycles. The van der Waals surface area contributed by atoms with Gasteiger partial charge in [-0.05, 0) is 36.6 Å². The molecule has 0 bridgehead atoms. The van der Waals surface area contributed by atoms with Gasteiger partial charge in [0.1, 0.15) is 0 Å². The van der Waals surface area contributed by atoms with Gasteiger partial charge in [-0.3, -0.25) is 0 Å². The fourth-order valence-corrected chi connectivity index (χ4v) is 4.09. The molecule has 1 saturated carbocycles. The van der Waals surface area contributed by atoms with Crippen LogP contribution in [0.1, 0.15) is 33.1 Å². The summed E-state index contributed by atoms with van der Waals surface area (Å²) < 4.78 is 0. The van der Waals surface area contributed by atoms with Crippen LogP contribution in [0.3, 0.4) is 0 Å². The Balaban J connectivity index is 1.81. The summed E-state index contributed by atoms with van der Waals surface area (Å²) in [5.74, 6) is 0.465. The number of hydrogen-bond donors (Lipinski definition) is 3. The zero-order chi connectivity index (χ0) is 12.4. The SMILES string of the molecule is CC(C)NCCC1=CC2CC(O)C(O)CC2S1. The van der Waals surface area contributed by atoms with E-state index in [4.69, 9.17) is 0 Å². The van der Waals surface area contributed by atoms with Gasteiger partial charge in [0.05, 0.1) is 12.2 Å². The minimum Gasteiger partial charge on any atom is -0.390 e. The van der Waals surface area contributed by atoms with E-state index in [9.17, 15) is 10.2 Å². The van der Waals surface area contributed by atoms with Crippen LogP contribution in [-0.2, 0) is 0 Å². The van der Waals surface area contributed by atoms with Gasteiger partial charge in [0, 0.05) is 11.3 Å². The number of thioether (sulfide) groups is 1. The van der Waals surface area contributed by atoms with Crippen LogP contribution >= 0.6 is 11.8 Å². The summed E-state index contributed by atoms with van der Waals surface area (Å²) in [6.07, 6.45) is 3.79. The molecule has 4 atom stereocenters. The number of aliphatic hydroxyl groups is 2. The van der Waals surface area contributed by atoms with Crippen molar-refractivity contribution >= 4 is 11.8 Å². The zero-order valence-electron chi connectivity index (χ0n) is 10.6. The second-order valence-corrected chi connectivity index (χ2v) is 6.78. The fourth-order valence-electron chi connectivity index (χ4n) is 2.57. The number of aliphatic hydroxyl groups excluding tert-OH is 2. The van der Waals surface area contributed by atoms with Crippen LogP contribution in [0.2, 0.25) is 0 Å². The predicted molar refractivity (Wildman–Crippen MR) is 72.0 cm³/mol. The van der Waals surface area contributed by atoms with E-state index in [0.29, 0.717) is 17.2 Å². The Kier molecular flexibility index (Phi) is 4.53. The van der Waals surface area contributed by atoms with Crippen LogP contribution in [0.5, 0.6) is 0 Å². The Morgan fingerprint density at radius 1 is 1.35 bits per heavy atom. The Bertz CT molecular complexity index is 293. The summed E-state index contributed by atoms with van der Waals surface area (Å²) in [4.78, 5) is 1.43. The smallest absolute Gasteiger partial charge is 0.0810 e. The van der Waals surface area contributed by atoms with E-state index in [-0.39, 0.29) is 0 Å². The molecule has 3 N–H and O–H groups in total. The second-order valence-electron chi connectivity index (χ2n) is 5.42. The third kappa shape index (κ3) is 3.47. The van der Waals surface area contributed by atoms with Gasteiger partial charge in [0.25, 0.3) is 0 Å². The van der Waals surface area contributed by atoms with E-state index in [1.165, 1.54) is 4.91 Å². The molecule has 1 aliphatic carbocycles. The molecule has 4 unspecified atom stereocenters. The topological polar surface area (TPSA) is 52.5 Å². The van der Waals surface area contributed by atoms with Crippen LogP contribution in [0.15, 0.2) is 11.0 Å². The lowest BCUT2D eigenvalue weighted by Crippen LogP contribution is -2.38.